The van der Waals surface area contributed by atoms with E-state index in [1.165, 1.54) is 0 Å². The Morgan fingerprint density at radius 1 is 0.167 bits per heavy atom. The van der Waals surface area contributed by atoms with Gasteiger partial charge in [-0.2, -0.15) is 0 Å². The van der Waals surface area contributed by atoms with Crippen LogP contribution in [-0.4, -0.2) is 0 Å². The molecule has 0 radical (unpaired) electrons. The fourth-order valence-corrected chi connectivity index (χ4v) is 10.7. The molecule has 0 amide bonds. The highest BCUT2D eigenvalue weighted by atomic mass is 16.3. The Balaban J connectivity index is 0.000000190. The fraction of sp³-hybridized carbons (Fsp3) is 0. The van der Waals surface area contributed by atoms with E-state index >= 15 is 0 Å². The van der Waals surface area contributed by atoms with Crippen molar-refractivity contribution in [2.24, 2.45) is 0 Å². The molecule has 0 unspecified atom stereocenters. The summed E-state index contributed by atoms with van der Waals surface area (Å²) >= 11 is 0. The SMILES string of the molecule is [2H]c1c([2H])c(-c2c3c([2H])c([2H])c([2H])c([2H])c3c(-c3c([2H])c([2H])c([2H])c4c([2H])c([2H])c([2H])c([2H])c34)c3c([2H])c([2H])c([2H])c([2H])c23)c([2H])c([2H])c1-c1c([2H])c([2H])c2oc3c([2H])c4c([2H])c([2H])c([2H])c([2H])c4c([2H])c3c2c1[2H].[2H]c1c([2H])c([2H])c(-c2c3c([2H])c([2H])c([2H])c([2H])c3c(-c3c([2H])c([2H])c(-c4c([2H])c([2H])c5oc6c([2H])c7c([2H])c([2H])c([2H])c([2H])c7c([2H])c6c5c4[2H])c([2H])c3[2H])c3c([2H])c([2H])c([2H])c([2H])c23)c([2H])c1[2H]. The Bertz CT molecular complexity index is 9230. The van der Waals surface area contributed by atoms with Crippen molar-refractivity contribution in [1.82, 2.24) is 0 Å². The summed E-state index contributed by atoms with van der Waals surface area (Å²) in [6.07, 6.45) is 0. The van der Waals surface area contributed by atoms with Gasteiger partial charge in [0.15, 0.2) is 0 Å². The average Bonchev–Trinajstić information content (AvgIpc) is 1.03. The second kappa shape index (κ2) is 21.0. The summed E-state index contributed by atoms with van der Waals surface area (Å²) in [5.74, 6) is 0. The molecule has 19 aromatic rings. The van der Waals surface area contributed by atoms with Gasteiger partial charge in [-0.1, -0.05) is 278 Å². The number of hydrogen-bond donors (Lipinski definition) is 0. The topological polar surface area (TPSA) is 26.3 Å². The van der Waals surface area contributed by atoms with E-state index in [4.69, 9.17) is 59.6 Å². The molecule has 2 heteroatoms. The zero-order valence-electron chi connectivity index (χ0n) is 98.8. The van der Waals surface area contributed by atoms with Crippen molar-refractivity contribution in [2.75, 3.05) is 0 Å². The molecular weight excluding hydrogens is 1090 g/mol. The minimum atomic E-state index is -1.10. The predicted molar refractivity (Wildman–Crippen MR) is 383 cm³/mol. The number of fused-ring (bicyclic) bond motifs is 13. The van der Waals surface area contributed by atoms with E-state index < -0.39 is 512 Å². The lowest BCUT2D eigenvalue weighted by Crippen LogP contribution is -1.91. The van der Waals surface area contributed by atoms with Crippen LogP contribution in [0.25, 0.3) is 186 Å². The maximum atomic E-state index is 9.60. The van der Waals surface area contributed by atoms with Crippen LogP contribution in [0.5, 0.6) is 0 Å². The molecule has 0 atom stereocenters. The van der Waals surface area contributed by atoms with E-state index in [-0.39, 0.29) is 0 Å². The summed E-state index contributed by atoms with van der Waals surface area (Å²) in [6.45, 7) is 0. The molecule has 0 saturated heterocycles. The molecule has 0 saturated carbocycles. The molecule has 0 aliphatic heterocycles. The Morgan fingerprint density at radius 3 is 0.867 bits per heavy atom. The molecule has 0 fully saturated rings. The van der Waals surface area contributed by atoms with Crippen molar-refractivity contribution in [3.63, 3.8) is 0 Å². The molecule has 0 spiro atoms. The molecule has 2 heterocycles. The van der Waals surface area contributed by atoms with E-state index in [0.29, 0.717) is 0 Å². The Hall–Kier alpha value is -11.8. The lowest BCUT2D eigenvalue weighted by Gasteiger charge is -2.19. The van der Waals surface area contributed by atoms with Gasteiger partial charge in [0.1, 0.15) is 22.3 Å². The van der Waals surface area contributed by atoms with Crippen LogP contribution in [0.15, 0.2) is 335 Å². The third-order valence-corrected chi connectivity index (χ3v) is 14.6. The van der Waals surface area contributed by atoms with Gasteiger partial charge in [0.25, 0.3) is 0 Å². The van der Waals surface area contributed by atoms with Crippen LogP contribution in [0.1, 0.15) is 74.0 Å². The molecule has 0 N–H and O–H groups in total. The third-order valence-electron chi connectivity index (χ3n) is 14.6. The third kappa shape index (κ3) is 8.49. The highest BCUT2D eigenvalue weighted by Crippen LogP contribution is 2.48. The summed E-state index contributed by atoms with van der Waals surface area (Å²) in [7, 11) is 0. The molecule has 19 rings (SSSR count). The highest BCUT2D eigenvalue weighted by molar-refractivity contribution is 6.25. The maximum Gasteiger partial charge on any atom is 0.136 e. The van der Waals surface area contributed by atoms with Gasteiger partial charge < -0.3 is 8.83 Å². The quantitative estimate of drug-likeness (QED) is 0.155. The largest absolute Gasteiger partial charge is 0.456 e. The van der Waals surface area contributed by atoms with Crippen LogP contribution in [0.4, 0.5) is 0 Å². The molecule has 0 aliphatic rings. The highest BCUT2D eigenvalue weighted by Gasteiger charge is 2.20. The lowest BCUT2D eigenvalue weighted by atomic mass is 9.84. The van der Waals surface area contributed by atoms with Crippen LogP contribution >= 0.6 is 0 Å². The Morgan fingerprint density at radius 2 is 0.456 bits per heavy atom. The van der Waals surface area contributed by atoms with Crippen molar-refractivity contribution in [3.8, 4) is 66.8 Å². The zero-order chi connectivity index (χ0) is 106. The first-order valence-corrected chi connectivity index (χ1v) is 26.6. The number of hydrogen-bond acceptors (Lipinski definition) is 2. The van der Waals surface area contributed by atoms with Crippen LogP contribution in [0, 0.1) is 0 Å². The van der Waals surface area contributed by atoms with Gasteiger partial charge in [-0.15, -0.1) is 0 Å². The van der Waals surface area contributed by atoms with Gasteiger partial charge in [-0.05, 0) is 191 Å². The minimum absolute atomic E-state index is 0.403. The van der Waals surface area contributed by atoms with E-state index in [9.17, 15) is 23.3 Å². The number of rotatable bonds is 6. The molecule has 2 nitrogen and oxygen atoms in total. The van der Waals surface area contributed by atoms with E-state index in [0.717, 1.165) is 0 Å². The van der Waals surface area contributed by atoms with Crippen molar-refractivity contribution < 1.29 is 82.9 Å². The van der Waals surface area contributed by atoms with Crippen molar-refractivity contribution in [1.29, 1.82) is 0 Å². The predicted octanol–water partition coefficient (Wildman–Crippen LogP) is 25.2. The second-order valence-corrected chi connectivity index (χ2v) is 19.5. The summed E-state index contributed by atoms with van der Waals surface area (Å²) in [4.78, 5) is 0. The molecule has 90 heavy (non-hydrogen) atoms. The first kappa shape index (κ1) is 20.9. The molecule has 0 bridgehead atoms. The standard InChI is InChI=1S/C46H28O.C42H26O/c1-2-12-33-28-44-42(26-32(33)11-1)41-27-34(24-25-43(41)47-44)29-20-22-31(23-21-29)45-37-15-5-7-17-39(37)46(40-18-8-6-16-38(40)45)36-19-9-13-30-10-3-4-14-35(30)36;1-2-10-28(11-3-1)41-33-14-6-8-16-35(33)42(36-17-9-7-15-34(36)41)29-20-18-27(19-21-29)32-22-23-39-37(25-32)38-24-30-12-4-5-13-31(30)26-40(38)43-39/h1-28H;1-26H/i1D,2D,3D,4D,5D,6D,7D,8D,9D,10D,11D,12D,13D,14D,15D,16D,17D,18D,19D,20D,21D,22D,23D,24D,25D,26D,27D,28D;1D,2D,3D,4D,5D,6D,7D,8D,9D,10D,11D,12D,13D,14D,15D,16D,17D,18D,19D,20D,21D,22D,23D,24D,25D,26D. The molecule has 0 aliphatic carbocycles. The van der Waals surface area contributed by atoms with Crippen LogP contribution in [-0.2, 0) is 0 Å². The van der Waals surface area contributed by atoms with Gasteiger partial charge in [0.05, 0.1) is 74.0 Å². The van der Waals surface area contributed by atoms with Crippen molar-refractivity contribution >= 4 is 119 Å². The first-order chi connectivity index (χ1) is 67.1. The van der Waals surface area contributed by atoms with Crippen LogP contribution in [0.2, 0.25) is 0 Å². The minimum Gasteiger partial charge on any atom is -0.456 e. The smallest absolute Gasteiger partial charge is 0.136 e. The molecular formula is C88H54O2. The monoisotopic (exact) mass is 1200 g/mol. The average molecular weight is 1200 g/mol. The Kier molecular flexibility index (Phi) is 4.87. The number of benzene rings is 17. The van der Waals surface area contributed by atoms with Gasteiger partial charge in [-0.3, -0.25) is 0 Å². The van der Waals surface area contributed by atoms with E-state index in [2.05, 4.69) is 0 Å². The summed E-state index contributed by atoms with van der Waals surface area (Å²) in [5.41, 5.74) is -11.3. The van der Waals surface area contributed by atoms with Gasteiger partial charge in [0, 0.05) is 21.5 Å². The van der Waals surface area contributed by atoms with Gasteiger partial charge in [-0.25, -0.2) is 0 Å². The van der Waals surface area contributed by atoms with E-state index in [1.807, 2.05) is 0 Å². The summed E-state index contributed by atoms with van der Waals surface area (Å²) < 4.78 is 494. The van der Waals surface area contributed by atoms with Gasteiger partial charge in [0.2, 0.25) is 0 Å². The zero-order valence-corrected chi connectivity index (χ0v) is 44.8. The maximum absolute atomic E-state index is 9.60. The summed E-state index contributed by atoms with van der Waals surface area (Å²) in [5, 5.41) is -10.5. The molecule has 418 valence electrons. The van der Waals surface area contributed by atoms with Crippen LogP contribution in [0.3, 0.4) is 0 Å². The first-order valence-electron chi connectivity index (χ1n) is 53.6. The fourth-order valence-electron chi connectivity index (χ4n) is 10.7. The molecule has 2 aromatic heterocycles. The normalized spacial score (nSPS) is 20.2. The van der Waals surface area contributed by atoms with Crippen molar-refractivity contribution in [2.45, 2.75) is 0 Å². The summed E-state index contributed by atoms with van der Waals surface area (Å²) in [6, 6.07) is -48.5. The lowest BCUT2D eigenvalue weighted by molar-refractivity contribution is 0.669. The molecule has 17 aromatic carbocycles. The number of furan rings is 2. The van der Waals surface area contributed by atoms with Gasteiger partial charge >= 0.3 is 0 Å². The van der Waals surface area contributed by atoms with Crippen molar-refractivity contribution in [3.05, 3.63) is 326 Å². The van der Waals surface area contributed by atoms with Crippen LogP contribution < -0.4 is 0 Å². The van der Waals surface area contributed by atoms with E-state index in [1.54, 1.807) is 0 Å². The second-order valence-electron chi connectivity index (χ2n) is 19.5. The Labute approximate surface area is 595 Å².